The summed E-state index contributed by atoms with van der Waals surface area (Å²) in [5.74, 6) is 0.252. The number of nitrogens with one attached hydrogen (secondary N) is 2. The van der Waals surface area contributed by atoms with Crippen LogP contribution < -0.4 is 15.4 Å². The predicted molar refractivity (Wildman–Crippen MR) is 103 cm³/mol. The molecular formula is C20H27N3O4. The van der Waals surface area contributed by atoms with Crippen molar-refractivity contribution in [2.75, 3.05) is 20.2 Å². The topological polar surface area (TPSA) is 87.7 Å². The van der Waals surface area contributed by atoms with Crippen molar-refractivity contribution in [3.8, 4) is 5.75 Å². The van der Waals surface area contributed by atoms with Gasteiger partial charge in [0.25, 0.3) is 0 Å². The number of methoxy groups -OCH3 is 1. The van der Waals surface area contributed by atoms with Crippen LogP contribution in [-0.4, -0.2) is 54.9 Å². The second-order valence-corrected chi connectivity index (χ2v) is 6.63. The average molecular weight is 373 g/mol. The van der Waals surface area contributed by atoms with Gasteiger partial charge in [0.05, 0.1) is 7.11 Å². The third kappa shape index (κ3) is 6.44. The van der Waals surface area contributed by atoms with Gasteiger partial charge in [-0.1, -0.05) is 12.1 Å². The van der Waals surface area contributed by atoms with Crippen LogP contribution in [0.1, 0.15) is 32.3 Å². The molecule has 0 spiro atoms. The van der Waals surface area contributed by atoms with Crippen molar-refractivity contribution in [3.05, 3.63) is 35.9 Å². The lowest BCUT2D eigenvalue weighted by Crippen LogP contribution is -2.51. The fourth-order valence-corrected chi connectivity index (χ4v) is 2.88. The van der Waals surface area contributed by atoms with E-state index in [-0.39, 0.29) is 23.8 Å². The van der Waals surface area contributed by atoms with Gasteiger partial charge in [0.1, 0.15) is 11.8 Å². The van der Waals surface area contributed by atoms with Crippen LogP contribution in [0.4, 0.5) is 0 Å². The third-order valence-corrected chi connectivity index (χ3v) is 4.58. The van der Waals surface area contributed by atoms with Gasteiger partial charge in [0, 0.05) is 32.1 Å². The molecule has 0 aliphatic carbocycles. The van der Waals surface area contributed by atoms with Crippen LogP contribution in [0, 0.1) is 0 Å². The molecule has 7 nitrogen and oxygen atoms in total. The third-order valence-electron chi connectivity index (χ3n) is 4.58. The molecule has 0 saturated carbocycles. The molecule has 0 bridgehead atoms. The standard InChI is InChI=1S/C20H27N3O4/c1-14(20(26)22-17-10-12-23(13-11-17)15(2)24)21-19(25)9-6-16-4-7-18(27-3)8-5-16/h4-9,14,17H,10-13H2,1-3H3,(H,21,25)(H,22,26)/b9-6+. The summed E-state index contributed by atoms with van der Waals surface area (Å²) in [6.45, 7) is 4.49. The van der Waals surface area contributed by atoms with E-state index in [2.05, 4.69) is 10.6 Å². The number of ether oxygens (including phenoxy) is 1. The second kappa shape index (κ2) is 9.75. The summed E-state index contributed by atoms with van der Waals surface area (Å²) in [4.78, 5) is 37.4. The van der Waals surface area contributed by atoms with E-state index in [1.807, 2.05) is 24.3 Å². The van der Waals surface area contributed by atoms with Crippen molar-refractivity contribution >= 4 is 23.8 Å². The van der Waals surface area contributed by atoms with E-state index in [0.29, 0.717) is 13.1 Å². The number of amides is 3. The van der Waals surface area contributed by atoms with Crippen LogP contribution in [0.3, 0.4) is 0 Å². The minimum atomic E-state index is -0.635. The Morgan fingerprint density at radius 3 is 2.37 bits per heavy atom. The maximum Gasteiger partial charge on any atom is 0.244 e. The number of benzene rings is 1. The number of hydrogen-bond donors (Lipinski definition) is 2. The monoisotopic (exact) mass is 373 g/mol. The molecule has 27 heavy (non-hydrogen) atoms. The van der Waals surface area contributed by atoms with Crippen molar-refractivity contribution < 1.29 is 19.1 Å². The van der Waals surface area contributed by atoms with Crippen LogP contribution in [-0.2, 0) is 14.4 Å². The maximum absolute atomic E-state index is 12.3. The molecule has 1 unspecified atom stereocenters. The van der Waals surface area contributed by atoms with Crippen LogP contribution >= 0.6 is 0 Å². The lowest BCUT2D eigenvalue weighted by molar-refractivity contribution is -0.130. The Bertz CT molecular complexity index is 692. The van der Waals surface area contributed by atoms with Gasteiger partial charge in [-0.25, -0.2) is 0 Å². The van der Waals surface area contributed by atoms with E-state index in [4.69, 9.17) is 4.74 Å². The molecule has 0 radical (unpaired) electrons. The van der Waals surface area contributed by atoms with Gasteiger partial charge in [0.2, 0.25) is 17.7 Å². The van der Waals surface area contributed by atoms with Crippen molar-refractivity contribution in [2.24, 2.45) is 0 Å². The molecule has 2 rings (SSSR count). The van der Waals surface area contributed by atoms with E-state index >= 15 is 0 Å². The summed E-state index contributed by atoms with van der Waals surface area (Å²) < 4.78 is 5.09. The van der Waals surface area contributed by atoms with Gasteiger partial charge in [-0.15, -0.1) is 0 Å². The summed E-state index contributed by atoms with van der Waals surface area (Å²) in [5.41, 5.74) is 0.861. The fourth-order valence-electron chi connectivity index (χ4n) is 2.88. The lowest BCUT2D eigenvalue weighted by atomic mass is 10.0. The molecule has 1 fully saturated rings. The van der Waals surface area contributed by atoms with Crippen molar-refractivity contribution in [2.45, 2.75) is 38.8 Å². The van der Waals surface area contributed by atoms with Crippen molar-refractivity contribution in [3.63, 3.8) is 0 Å². The van der Waals surface area contributed by atoms with Gasteiger partial charge >= 0.3 is 0 Å². The molecule has 1 aliphatic rings. The van der Waals surface area contributed by atoms with E-state index in [1.54, 1.807) is 31.9 Å². The summed E-state index contributed by atoms with van der Waals surface area (Å²) in [6.07, 6.45) is 4.53. The van der Waals surface area contributed by atoms with Gasteiger partial charge in [-0.3, -0.25) is 14.4 Å². The van der Waals surface area contributed by atoms with Crippen LogP contribution in [0.5, 0.6) is 5.75 Å². The number of carbonyl (C=O) groups excluding carboxylic acids is 3. The summed E-state index contributed by atoms with van der Waals surface area (Å²) in [6, 6.07) is 6.69. The van der Waals surface area contributed by atoms with Gasteiger partial charge in [0.15, 0.2) is 0 Å². The van der Waals surface area contributed by atoms with Gasteiger partial charge in [-0.05, 0) is 43.5 Å². The number of hydrogen-bond acceptors (Lipinski definition) is 4. The maximum atomic E-state index is 12.3. The van der Waals surface area contributed by atoms with E-state index < -0.39 is 6.04 Å². The Balaban J connectivity index is 1.77. The molecule has 2 N–H and O–H groups in total. The lowest BCUT2D eigenvalue weighted by Gasteiger charge is -2.32. The molecule has 1 aromatic rings. The SMILES string of the molecule is COc1ccc(/C=C/C(=O)NC(C)C(=O)NC2CCN(C(C)=O)CC2)cc1. The van der Waals surface area contributed by atoms with E-state index in [0.717, 1.165) is 24.2 Å². The summed E-state index contributed by atoms with van der Waals surface area (Å²) in [5, 5.41) is 5.60. The highest BCUT2D eigenvalue weighted by Crippen LogP contribution is 2.12. The number of likely N-dealkylation sites (tertiary alicyclic amines) is 1. The van der Waals surface area contributed by atoms with Gasteiger partial charge in [-0.2, -0.15) is 0 Å². The first-order valence-corrected chi connectivity index (χ1v) is 9.07. The highest BCUT2D eigenvalue weighted by molar-refractivity contribution is 5.95. The molecule has 3 amide bonds. The first kappa shape index (κ1) is 20.5. The molecular weight excluding hydrogens is 346 g/mol. The molecule has 7 heteroatoms. The molecule has 0 aromatic heterocycles. The highest BCUT2D eigenvalue weighted by atomic mass is 16.5. The number of rotatable bonds is 6. The Morgan fingerprint density at radius 1 is 1.19 bits per heavy atom. The Hall–Kier alpha value is -2.83. The zero-order valence-electron chi connectivity index (χ0n) is 16.0. The quantitative estimate of drug-likeness (QED) is 0.737. The zero-order valence-corrected chi connectivity index (χ0v) is 16.0. The zero-order chi connectivity index (χ0) is 19.8. The number of carbonyl (C=O) groups is 3. The van der Waals surface area contributed by atoms with Crippen molar-refractivity contribution in [1.82, 2.24) is 15.5 Å². The molecule has 1 aromatic carbocycles. The highest BCUT2D eigenvalue weighted by Gasteiger charge is 2.24. The molecule has 146 valence electrons. The second-order valence-electron chi connectivity index (χ2n) is 6.63. The van der Waals surface area contributed by atoms with Crippen LogP contribution in [0.15, 0.2) is 30.3 Å². The number of nitrogens with zero attached hydrogens (tertiary/aromatic N) is 1. The van der Waals surface area contributed by atoms with Crippen LogP contribution in [0.25, 0.3) is 6.08 Å². The largest absolute Gasteiger partial charge is 0.497 e. The minimum absolute atomic E-state index is 0.0299. The normalized spacial score (nSPS) is 16.0. The van der Waals surface area contributed by atoms with Gasteiger partial charge < -0.3 is 20.3 Å². The first-order valence-electron chi connectivity index (χ1n) is 9.07. The smallest absolute Gasteiger partial charge is 0.244 e. The molecule has 1 aliphatic heterocycles. The molecule has 1 saturated heterocycles. The first-order chi connectivity index (χ1) is 12.9. The average Bonchev–Trinajstić information content (AvgIpc) is 2.67. The van der Waals surface area contributed by atoms with Crippen molar-refractivity contribution in [1.29, 1.82) is 0 Å². The fraction of sp³-hybridized carbons (Fsp3) is 0.450. The Kier molecular flexibility index (Phi) is 7.40. The summed E-state index contributed by atoms with van der Waals surface area (Å²) in [7, 11) is 1.59. The summed E-state index contributed by atoms with van der Waals surface area (Å²) >= 11 is 0. The number of piperidine rings is 1. The Morgan fingerprint density at radius 2 is 1.81 bits per heavy atom. The predicted octanol–water partition coefficient (Wildman–Crippen LogP) is 1.34. The minimum Gasteiger partial charge on any atom is -0.497 e. The molecule has 1 atom stereocenters. The molecule has 1 heterocycles. The Labute approximate surface area is 159 Å². The van der Waals surface area contributed by atoms with Crippen LogP contribution in [0.2, 0.25) is 0 Å². The van der Waals surface area contributed by atoms with E-state index in [9.17, 15) is 14.4 Å². The van der Waals surface area contributed by atoms with E-state index in [1.165, 1.54) is 6.08 Å².